The molecule has 0 amide bonds. The van der Waals surface area contributed by atoms with Crippen LogP contribution >= 0.6 is 0 Å². The number of rotatable bonds is 4. The second kappa shape index (κ2) is 6.06. The van der Waals surface area contributed by atoms with Gasteiger partial charge in [-0.25, -0.2) is 4.79 Å². The largest absolute Gasteiger partial charge is 0.463 e. The summed E-state index contributed by atoms with van der Waals surface area (Å²) in [5.74, 6) is -0.419. The molecule has 0 aliphatic heterocycles. The van der Waals surface area contributed by atoms with Gasteiger partial charge in [-0.2, -0.15) is 5.26 Å². The summed E-state index contributed by atoms with van der Waals surface area (Å²) < 4.78 is 4.78. The maximum absolute atomic E-state index is 11.2. The molecule has 0 saturated heterocycles. The zero-order chi connectivity index (χ0) is 10.3. The summed E-state index contributed by atoms with van der Waals surface area (Å²) in [6.45, 7) is 3.68. The summed E-state index contributed by atoms with van der Waals surface area (Å²) in [4.78, 5) is 11.2. The normalized spacial score (nSPS) is 11.5. The molecule has 0 unspecified atom stereocenters. The number of nitrogens with two attached hydrogens (primary N) is 1. The molecule has 0 atom stereocenters. The van der Waals surface area contributed by atoms with E-state index in [1.807, 2.05) is 6.07 Å². The Morgan fingerprint density at radius 2 is 2.23 bits per heavy atom. The van der Waals surface area contributed by atoms with E-state index in [2.05, 4.69) is 0 Å². The monoisotopic (exact) mass is 182 g/mol. The molecule has 4 heteroatoms. The molecule has 2 N–H and O–H groups in total. The minimum absolute atomic E-state index is 0.280. The number of ether oxygens (including phenoxy) is 1. The van der Waals surface area contributed by atoms with Crippen LogP contribution in [0.4, 0.5) is 0 Å². The van der Waals surface area contributed by atoms with Gasteiger partial charge in [-0.15, -0.1) is 0 Å². The summed E-state index contributed by atoms with van der Waals surface area (Å²) in [6, 6.07) is 1.95. The lowest BCUT2D eigenvalue weighted by atomic mass is 10.1. The average molecular weight is 182 g/mol. The summed E-state index contributed by atoms with van der Waals surface area (Å²) in [6.07, 6.45) is 0.639. The molecule has 0 radical (unpaired) electrons. The number of esters is 1. The van der Waals surface area contributed by atoms with Crippen LogP contribution in [0.25, 0.3) is 0 Å². The Hall–Kier alpha value is -1.50. The van der Waals surface area contributed by atoms with E-state index in [4.69, 9.17) is 15.7 Å². The smallest absolute Gasteiger partial charge is 0.335 e. The number of allylic oxidation sites excluding steroid dienone is 1. The Bertz CT molecular complexity index is 247. The van der Waals surface area contributed by atoms with Crippen LogP contribution in [0.2, 0.25) is 0 Å². The van der Waals surface area contributed by atoms with Crippen LogP contribution in [0.3, 0.4) is 0 Å². The van der Waals surface area contributed by atoms with Gasteiger partial charge < -0.3 is 10.5 Å². The summed E-state index contributed by atoms with van der Waals surface area (Å²) >= 11 is 0. The maximum atomic E-state index is 11.2. The van der Waals surface area contributed by atoms with Gasteiger partial charge >= 0.3 is 5.97 Å². The summed E-state index contributed by atoms with van der Waals surface area (Å²) in [7, 11) is 0. The van der Waals surface area contributed by atoms with E-state index in [9.17, 15) is 4.79 Å². The minimum atomic E-state index is -0.419. The van der Waals surface area contributed by atoms with Crippen LogP contribution in [0.1, 0.15) is 26.7 Å². The van der Waals surface area contributed by atoms with E-state index in [-0.39, 0.29) is 6.42 Å². The van der Waals surface area contributed by atoms with E-state index in [1.165, 1.54) is 0 Å². The zero-order valence-electron chi connectivity index (χ0n) is 7.96. The first kappa shape index (κ1) is 11.5. The van der Waals surface area contributed by atoms with Gasteiger partial charge in [0.05, 0.1) is 18.2 Å². The number of carbonyl (C=O) groups excluding carboxylic acids is 1. The molecule has 0 aliphatic rings. The van der Waals surface area contributed by atoms with Crippen molar-refractivity contribution in [3.05, 3.63) is 11.3 Å². The van der Waals surface area contributed by atoms with Gasteiger partial charge in [0.1, 0.15) is 0 Å². The Kier molecular flexibility index (Phi) is 5.37. The van der Waals surface area contributed by atoms with Gasteiger partial charge in [-0.05, 0) is 20.3 Å². The summed E-state index contributed by atoms with van der Waals surface area (Å²) in [5, 5.41) is 8.34. The van der Waals surface area contributed by atoms with Crippen LogP contribution in [-0.2, 0) is 9.53 Å². The quantitative estimate of drug-likeness (QED) is 0.521. The molecule has 0 bridgehead atoms. The van der Waals surface area contributed by atoms with E-state index in [0.717, 1.165) is 0 Å². The molecule has 0 rings (SSSR count). The zero-order valence-corrected chi connectivity index (χ0v) is 7.96. The highest BCUT2D eigenvalue weighted by Crippen LogP contribution is 2.09. The molecular formula is C9H14N2O2. The van der Waals surface area contributed by atoms with Gasteiger partial charge in [-0.3, -0.25) is 0 Å². The lowest BCUT2D eigenvalue weighted by Gasteiger charge is -2.06. The van der Waals surface area contributed by atoms with Crippen molar-refractivity contribution in [1.29, 1.82) is 5.26 Å². The van der Waals surface area contributed by atoms with Gasteiger partial charge in [-0.1, -0.05) is 0 Å². The predicted molar refractivity (Wildman–Crippen MR) is 48.4 cm³/mol. The first-order valence-electron chi connectivity index (χ1n) is 4.12. The van der Waals surface area contributed by atoms with E-state index in [1.54, 1.807) is 13.8 Å². The molecule has 72 valence electrons. The first-order chi connectivity index (χ1) is 6.13. The van der Waals surface area contributed by atoms with Crippen molar-refractivity contribution in [1.82, 2.24) is 0 Å². The fraction of sp³-hybridized carbons (Fsp3) is 0.556. The van der Waals surface area contributed by atoms with E-state index in [0.29, 0.717) is 24.3 Å². The van der Waals surface area contributed by atoms with Crippen LogP contribution in [0, 0.1) is 11.3 Å². The molecule has 0 fully saturated rings. The van der Waals surface area contributed by atoms with Crippen molar-refractivity contribution in [3.8, 4) is 6.07 Å². The first-order valence-corrected chi connectivity index (χ1v) is 4.12. The SMILES string of the molecule is CCOC(=O)/C(CCC#N)=C(/C)N. The Morgan fingerprint density at radius 1 is 1.62 bits per heavy atom. The number of nitriles is 1. The molecule has 0 aromatic carbocycles. The molecule has 0 aromatic heterocycles. The molecular weight excluding hydrogens is 168 g/mol. The highest BCUT2D eigenvalue weighted by atomic mass is 16.5. The topological polar surface area (TPSA) is 76.1 Å². The summed E-state index contributed by atoms with van der Waals surface area (Å²) in [5.41, 5.74) is 6.31. The second-order valence-corrected chi connectivity index (χ2v) is 2.54. The van der Waals surface area contributed by atoms with Gasteiger partial charge in [0.25, 0.3) is 0 Å². The van der Waals surface area contributed by atoms with Crippen molar-refractivity contribution in [3.63, 3.8) is 0 Å². The second-order valence-electron chi connectivity index (χ2n) is 2.54. The minimum Gasteiger partial charge on any atom is -0.463 e. The fourth-order valence-corrected chi connectivity index (χ4v) is 0.859. The van der Waals surface area contributed by atoms with Gasteiger partial charge in [0.15, 0.2) is 0 Å². The molecule has 13 heavy (non-hydrogen) atoms. The third kappa shape index (κ3) is 4.16. The molecule has 0 aromatic rings. The fourth-order valence-electron chi connectivity index (χ4n) is 0.859. The lowest BCUT2D eigenvalue weighted by molar-refractivity contribution is -0.138. The van der Waals surface area contributed by atoms with Crippen LogP contribution in [0.5, 0.6) is 0 Å². The van der Waals surface area contributed by atoms with Crippen molar-refractivity contribution in [2.75, 3.05) is 6.61 Å². The number of hydrogen-bond acceptors (Lipinski definition) is 4. The maximum Gasteiger partial charge on any atom is 0.335 e. The van der Waals surface area contributed by atoms with Gasteiger partial charge in [0.2, 0.25) is 0 Å². The van der Waals surface area contributed by atoms with Crippen molar-refractivity contribution in [2.45, 2.75) is 26.7 Å². The Balaban J connectivity index is 4.37. The van der Waals surface area contributed by atoms with Crippen molar-refractivity contribution < 1.29 is 9.53 Å². The molecule has 0 spiro atoms. The van der Waals surface area contributed by atoms with Crippen LogP contribution in [0.15, 0.2) is 11.3 Å². The highest BCUT2D eigenvalue weighted by molar-refractivity contribution is 5.89. The standard InChI is InChI=1S/C9H14N2O2/c1-3-13-9(12)8(7(2)11)5-4-6-10/h3-5,11H2,1-2H3/b8-7-. The number of carbonyl (C=O) groups is 1. The Morgan fingerprint density at radius 3 is 2.62 bits per heavy atom. The van der Waals surface area contributed by atoms with Crippen LogP contribution in [-0.4, -0.2) is 12.6 Å². The third-order valence-corrected chi connectivity index (χ3v) is 1.48. The molecule has 0 heterocycles. The number of hydrogen-bond donors (Lipinski definition) is 1. The Labute approximate surface area is 78.0 Å². The van der Waals surface area contributed by atoms with Crippen molar-refractivity contribution >= 4 is 5.97 Å². The molecule has 0 aliphatic carbocycles. The third-order valence-electron chi connectivity index (χ3n) is 1.48. The van der Waals surface area contributed by atoms with E-state index < -0.39 is 5.97 Å². The van der Waals surface area contributed by atoms with E-state index >= 15 is 0 Å². The molecule has 4 nitrogen and oxygen atoms in total. The lowest BCUT2D eigenvalue weighted by Crippen LogP contribution is -2.12. The van der Waals surface area contributed by atoms with Gasteiger partial charge in [0, 0.05) is 12.1 Å². The highest BCUT2D eigenvalue weighted by Gasteiger charge is 2.11. The molecule has 0 saturated carbocycles. The van der Waals surface area contributed by atoms with Crippen molar-refractivity contribution in [2.24, 2.45) is 5.73 Å². The average Bonchev–Trinajstić information content (AvgIpc) is 2.05. The number of nitrogens with zero attached hydrogens (tertiary/aromatic N) is 1. The van der Waals surface area contributed by atoms with Crippen LogP contribution < -0.4 is 5.73 Å². The predicted octanol–water partition coefficient (Wildman–Crippen LogP) is 1.09.